The summed E-state index contributed by atoms with van der Waals surface area (Å²) in [6.45, 7) is 3.75. The predicted octanol–water partition coefficient (Wildman–Crippen LogP) is 2.77. The minimum Gasteiger partial charge on any atom is -0.389 e. The van der Waals surface area contributed by atoms with Crippen LogP contribution in [-0.2, 0) is 0 Å². The van der Waals surface area contributed by atoms with Crippen LogP contribution in [0.2, 0.25) is 0 Å². The summed E-state index contributed by atoms with van der Waals surface area (Å²) in [5.41, 5.74) is -0.168. The van der Waals surface area contributed by atoms with E-state index in [0.29, 0.717) is 12.2 Å². The van der Waals surface area contributed by atoms with Gasteiger partial charge in [-0.05, 0) is 48.0 Å². The lowest BCUT2D eigenvalue weighted by molar-refractivity contribution is 0.0945. The molecule has 1 aromatic rings. The molecule has 0 spiro atoms. The van der Waals surface area contributed by atoms with Crippen LogP contribution in [0.5, 0.6) is 0 Å². The summed E-state index contributed by atoms with van der Waals surface area (Å²) in [4.78, 5) is 0. The zero-order valence-corrected chi connectivity index (χ0v) is 9.73. The molecule has 78 valence electrons. The minimum atomic E-state index is -0.814. The second-order valence-corrected chi connectivity index (χ2v) is 4.64. The molecule has 2 N–H and O–H groups in total. The van der Waals surface area contributed by atoms with Gasteiger partial charge in [0.25, 0.3) is 0 Å². The van der Waals surface area contributed by atoms with Crippen LogP contribution in [0.3, 0.4) is 0 Å². The summed E-state index contributed by atoms with van der Waals surface area (Å²) >= 11 is 3.29. The Balaban J connectivity index is 2.72. The van der Waals surface area contributed by atoms with E-state index >= 15 is 0 Å². The Labute approximate surface area is 91.3 Å². The Kier molecular flexibility index (Phi) is 3.50. The number of anilines is 1. The highest BCUT2D eigenvalue weighted by Gasteiger charge is 2.12. The van der Waals surface area contributed by atoms with Crippen molar-refractivity contribution >= 4 is 21.6 Å². The number of hydrogen-bond donors (Lipinski definition) is 2. The van der Waals surface area contributed by atoms with E-state index in [4.69, 9.17) is 0 Å². The van der Waals surface area contributed by atoms with Gasteiger partial charge in [0.1, 0.15) is 5.82 Å². The molecule has 0 saturated heterocycles. The van der Waals surface area contributed by atoms with Crippen molar-refractivity contribution in [2.75, 3.05) is 11.9 Å². The van der Waals surface area contributed by atoms with E-state index in [9.17, 15) is 9.50 Å². The summed E-state index contributed by atoms with van der Waals surface area (Å²) in [7, 11) is 0. The fourth-order valence-electron chi connectivity index (χ4n) is 0.944. The van der Waals surface area contributed by atoms with Gasteiger partial charge in [0.05, 0.1) is 11.3 Å². The predicted molar refractivity (Wildman–Crippen MR) is 58.9 cm³/mol. The van der Waals surface area contributed by atoms with E-state index in [1.54, 1.807) is 19.9 Å². The van der Waals surface area contributed by atoms with Crippen LogP contribution in [0.15, 0.2) is 22.7 Å². The normalized spacial score (nSPS) is 11.5. The van der Waals surface area contributed by atoms with Gasteiger partial charge in [0.15, 0.2) is 0 Å². The molecule has 0 aliphatic rings. The first-order valence-corrected chi connectivity index (χ1v) is 5.09. The standard InChI is InChI=1S/C10H13BrFNO/c1-10(2,14)6-13-9-5-7(12)3-4-8(9)11/h3-5,13-14H,6H2,1-2H3. The van der Waals surface area contributed by atoms with E-state index in [0.717, 1.165) is 4.47 Å². The third-order valence-corrected chi connectivity index (χ3v) is 2.33. The second-order valence-electron chi connectivity index (χ2n) is 3.79. The van der Waals surface area contributed by atoms with Gasteiger partial charge in [0, 0.05) is 11.0 Å². The lowest BCUT2D eigenvalue weighted by Gasteiger charge is -2.19. The monoisotopic (exact) mass is 261 g/mol. The van der Waals surface area contributed by atoms with Crippen molar-refractivity contribution in [3.8, 4) is 0 Å². The molecule has 2 nitrogen and oxygen atoms in total. The number of benzene rings is 1. The molecule has 4 heteroatoms. The second kappa shape index (κ2) is 4.28. The highest BCUT2D eigenvalue weighted by molar-refractivity contribution is 9.10. The lowest BCUT2D eigenvalue weighted by Crippen LogP contribution is -2.29. The molecule has 0 radical (unpaired) electrons. The fourth-order valence-corrected chi connectivity index (χ4v) is 1.33. The van der Waals surface area contributed by atoms with Crippen molar-refractivity contribution in [1.29, 1.82) is 0 Å². The number of halogens is 2. The molecule has 0 atom stereocenters. The molecule has 0 amide bonds. The first-order valence-electron chi connectivity index (χ1n) is 4.30. The average molecular weight is 262 g/mol. The SMILES string of the molecule is CC(C)(O)CNc1cc(F)ccc1Br. The molecule has 0 aliphatic carbocycles. The van der Waals surface area contributed by atoms with Crippen LogP contribution >= 0.6 is 15.9 Å². The lowest BCUT2D eigenvalue weighted by atomic mass is 10.1. The van der Waals surface area contributed by atoms with Crippen LogP contribution in [0.25, 0.3) is 0 Å². The van der Waals surface area contributed by atoms with Gasteiger partial charge >= 0.3 is 0 Å². The Morgan fingerprint density at radius 2 is 2.14 bits per heavy atom. The van der Waals surface area contributed by atoms with E-state index in [1.807, 2.05) is 0 Å². The summed E-state index contributed by atoms with van der Waals surface area (Å²) in [6.07, 6.45) is 0. The maximum absolute atomic E-state index is 12.8. The first kappa shape index (κ1) is 11.5. The van der Waals surface area contributed by atoms with E-state index < -0.39 is 5.60 Å². The number of aliphatic hydroxyl groups is 1. The highest BCUT2D eigenvalue weighted by atomic mass is 79.9. The Morgan fingerprint density at radius 3 is 2.71 bits per heavy atom. The molecule has 14 heavy (non-hydrogen) atoms. The van der Waals surface area contributed by atoms with Crippen molar-refractivity contribution in [3.63, 3.8) is 0 Å². The molecule has 0 fully saturated rings. The van der Waals surface area contributed by atoms with Crippen molar-refractivity contribution in [1.82, 2.24) is 0 Å². The van der Waals surface area contributed by atoms with Crippen molar-refractivity contribution < 1.29 is 9.50 Å². The molecular weight excluding hydrogens is 249 g/mol. The Morgan fingerprint density at radius 1 is 1.50 bits per heavy atom. The zero-order chi connectivity index (χ0) is 10.8. The first-order chi connectivity index (χ1) is 6.38. The van der Waals surface area contributed by atoms with Gasteiger partial charge in [-0.2, -0.15) is 0 Å². The minimum absolute atomic E-state index is 0.300. The molecule has 0 unspecified atom stereocenters. The van der Waals surface area contributed by atoms with Crippen LogP contribution in [-0.4, -0.2) is 17.3 Å². The van der Waals surface area contributed by atoms with Gasteiger partial charge in [-0.15, -0.1) is 0 Å². The number of rotatable bonds is 3. The summed E-state index contributed by atoms with van der Waals surface area (Å²) in [5, 5.41) is 12.4. The van der Waals surface area contributed by atoms with Crippen molar-refractivity contribution in [2.45, 2.75) is 19.4 Å². The zero-order valence-electron chi connectivity index (χ0n) is 8.14. The molecule has 1 aromatic carbocycles. The smallest absolute Gasteiger partial charge is 0.125 e. The van der Waals surface area contributed by atoms with Gasteiger partial charge in [-0.1, -0.05) is 0 Å². The Bertz CT molecular complexity index is 322. The van der Waals surface area contributed by atoms with Crippen molar-refractivity contribution in [3.05, 3.63) is 28.5 Å². The quantitative estimate of drug-likeness (QED) is 0.877. The Hall–Kier alpha value is -0.610. The van der Waals surface area contributed by atoms with Gasteiger partial charge in [-0.3, -0.25) is 0 Å². The average Bonchev–Trinajstić information content (AvgIpc) is 2.05. The molecule has 0 aliphatic heterocycles. The highest BCUT2D eigenvalue weighted by Crippen LogP contribution is 2.23. The van der Waals surface area contributed by atoms with Gasteiger partial charge in [-0.25, -0.2) is 4.39 Å². The van der Waals surface area contributed by atoms with Crippen LogP contribution < -0.4 is 5.32 Å². The summed E-state index contributed by atoms with van der Waals surface area (Å²) in [6, 6.07) is 4.39. The number of hydrogen-bond acceptors (Lipinski definition) is 2. The molecular formula is C10H13BrFNO. The van der Waals surface area contributed by atoms with Crippen LogP contribution in [0.1, 0.15) is 13.8 Å². The van der Waals surface area contributed by atoms with Crippen LogP contribution in [0, 0.1) is 5.82 Å². The van der Waals surface area contributed by atoms with Gasteiger partial charge in [0.2, 0.25) is 0 Å². The molecule has 1 rings (SSSR count). The summed E-state index contributed by atoms with van der Waals surface area (Å²) < 4.78 is 13.6. The van der Waals surface area contributed by atoms with Crippen LogP contribution in [0.4, 0.5) is 10.1 Å². The third-order valence-electron chi connectivity index (χ3n) is 1.64. The maximum Gasteiger partial charge on any atom is 0.125 e. The van der Waals surface area contributed by atoms with E-state index in [2.05, 4.69) is 21.2 Å². The summed E-state index contributed by atoms with van der Waals surface area (Å²) in [5.74, 6) is -0.300. The molecule has 0 bridgehead atoms. The van der Waals surface area contributed by atoms with E-state index in [-0.39, 0.29) is 5.82 Å². The topological polar surface area (TPSA) is 32.3 Å². The van der Waals surface area contributed by atoms with Gasteiger partial charge < -0.3 is 10.4 Å². The third kappa shape index (κ3) is 3.64. The molecule has 0 aromatic heterocycles. The maximum atomic E-state index is 12.8. The largest absolute Gasteiger partial charge is 0.389 e. The number of nitrogens with one attached hydrogen (secondary N) is 1. The fraction of sp³-hybridized carbons (Fsp3) is 0.400. The van der Waals surface area contributed by atoms with E-state index in [1.165, 1.54) is 12.1 Å². The molecule has 0 heterocycles. The van der Waals surface area contributed by atoms with Crippen molar-refractivity contribution in [2.24, 2.45) is 0 Å². The molecule has 0 saturated carbocycles.